The number of benzene rings is 1. The van der Waals surface area contributed by atoms with Crippen LogP contribution in [-0.4, -0.2) is 37.6 Å². The number of fused-ring (bicyclic) bond motifs is 1. The molecule has 2 amide bonds. The Morgan fingerprint density at radius 2 is 2.15 bits per heavy atom. The summed E-state index contributed by atoms with van der Waals surface area (Å²) in [5.41, 5.74) is 3.22. The predicted octanol–water partition coefficient (Wildman–Crippen LogP) is 2.61. The molecule has 0 saturated carbocycles. The molecule has 1 heterocycles. The van der Waals surface area contributed by atoms with Gasteiger partial charge < -0.3 is 10.2 Å². The first-order chi connectivity index (χ1) is 9.63. The molecule has 0 aromatic heterocycles. The number of anilines is 1. The van der Waals surface area contributed by atoms with Gasteiger partial charge in [0.2, 0.25) is 0 Å². The maximum atomic E-state index is 12.3. The van der Waals surface area contributed by atoms with E-state index in [9.17, 15) is 4.79 Å². The lowest BCUT2D eigenvalue weighted by Crippen LogP contribution is -2.46. The first-order valence-corrected chi connectivity index (χ1v) is 7.11. The first kappa shape index (κ1) is 14.6. The van der Waals surface area contributed by atoms with E-state index < -0.39 is 0 Å². The second-order valence-electron chi connectivity index (χ2n) is 5.28. The molecule has 0 aliphatic carbocycles. The fourth-order valence-corrected chi connectivity index (χ4v) is 2.41. The first-order valence-electron chi connectivity index (χ1n) is 7.11. The van der Waals surface area contributed by atoms with Gasteiger partial charge in [-0.15, -0.1) is 0 Å². The van der Waals surface area contributed by atoms with Crippen molar-refractivity contribution in [3.63, 3.8) is 0 Å². The average molecular weight is 273 g/mol. The van der Waals surface area contributed by atoms with E-state index in [1.165, 1.54) is 5.56 Å². The van der Waals surface area contributed by atoms with Gasteiger partial charge in [0, 0.05) is 26.7 Å². The van der Waals surface area contributed by atoms with Crippen LogP contribution in [0.15, 0.2) is 36.4 Å². The van der Waals surface area contributed by atoms with Crippen LogP contribution in [0, 0.1) is 0 Å². The summed E-state index contributed by atoms with van der Waals surface area (Å²) in [5.74, 6) is 0. The van der Waals surface area contributed by atoms with Gasteiger partial charge in [0.15, 0.2) is 0 Å². The number of carbonyl (C=O) groups is 1. The molecule has 0 spiro atoms. The maximum absolute atomic E-state index is 12.3. The summed E-state index contributed by atoms with van der Waals surface area (Å²) >= 11 is 0. The summed E-state index contributed by atoms with van der Waals surface area (Å²) in [5, 5.41) is 3.32. The molecular weight excluding hydrogens is 250 g/mol. The number of hydrogen-bond donors (Lipinski definition) is 1. The highest BCUT2D eigenvalue weighted by Crippen LogP contribution is 2.27. The lowest BCUT2D eigenvalue weighted by molar-refractivity contribution is 0.211. The third-order valence-corrected chi connectivity index (χ3v) is 3.43. The number of carbonyl (C=O) groups excluding carboxylic acids is 1. The van der Waals surface area contributed by atoms with Gasteiger partial charge in [-0.1, -0.05) is 31.7 Å². The zero-order chi connectivity index (χ0) is 14.5. The Morgan fingerprint density at radius 1 is 1.40 bits per heavy atom. The number of para-hydroxylation sites is 1. The van der Waals surface area contributed by atoms with Crippen LogP contribution < -0.4 is 10.2 Å². The maximum Gasteiger partial charge on any atom is 0.324 e. The fourth-order valence-electron chi connectivity index (χ4n) is 2.41. The Balaban J connectivity index is 2.09. The van der Waals surface area contributed by atoms with Gasteiger partial charge >= 0.3 is 6.03 Å². The monoisotopic (exact) mass is 273 g/mol. The number of nitrogens with one attached hydrogen (secondary N) is 1. The van der Waals surface area contributed by atoms with E-state index in [1.807, 2.05) is 30.1 Å². The quantitative estimate of drug-likeness (QED) is 0.639. The van der Waals surface area contributed by atoms with Crippen molar-refractivity contribution in [3.8, 4) is 0 Å². The lowest BCUT2D eigenvalue weighted by Gasteiger charge is -2.35. The van der Waals surface area contributed by atoms with Gasteiger partial charge in [-0.2, -0.15) is 0 Å². The molecule has 0 radical (unpaired) electrons. The van der Waals surface area contributed by atoms with Crippen LogP contribution in [0.25, 0.3) is 0 Å². The number of hydrogen-bond acceptors (Lipinski definition) is 2. The largest absolute Gasteiger partial charge is 0.324 e. The minimum Gasteiger partial charge on any atom is -0.323 e. The predicted molar refractivity (Wildman–Crippen MR) is 83.0 cm³/mol. The lowest BCUT2D eigenvalue weighted by atomic mass is 10.1. The molecular formula is C16H23N3O. The minimum atomic E-state index is 0.0420. The van der Waals surface area contributed by atoms with E-state index in [2.05, 4.69) is 24.9 Å². The zero-order valence-corrected chi connectivity index (χ0v) is 12.4. The third kappa shape index (κ3) is 3.20. The molecule has 2 rings (SSSR count). The van der Waals surface area contributed by atoms with Crippen LogP contribution in [0.5, 0.6) is 0 Å². The van der Waals surface area contributed by atoms with Crippen molar-refractivity contribution < 1.29 is 4.79 Å². The Bertz CT molecular complexity index is 498. The van der Waals surface area contributed by atoms with Gasteiger partial charge in [0.25, 0.3) is 0 Å². The molecule has 1 N–H and O–H groups in total. The molecule has 1 aliphatic rings. The number of urea groups is 1. The van der Waals surface area contributed by atoms with E-state index in [1.54, 1.807) is 4.90 Å². The van der Waals surface area contributed by atoms with E-state index in [0.717, 1.165) is 30.8 Å². The van der Waals surface area contributed by atoms with Crippen molar-refractivity contribution in [2.24, 2.45) is 0 Å². The topological polar surface area (TPSA) is 35.6 Å². The van der Waals surface area contributed by atoms with E-state index in [4.69, 9.17) is 0 Å². The van der Waals surface area contributed by atoms with E-state index >= 15 is 0 Å². The van der Waals surface area contributed by atoms with E-state index in [-0.39, 0.29) is 6.03 Å². The van der Waals surface area contributed by atoms with Crippen molar-refractivity contribution in [1.29, 1.82) is 0 Å². The van der Waals surface area contributed by atoms with Gasteiger partial charge in [-0.05, 0) is 30.2 Å². The Labute approximate surface area is 121 Å². The summed E-state index contributed by atoms with van der Waals surface area (Å²) < 4.78 is 0. The molecule has 20 heavy (non-hydrogen) atoms. The molecule has 0 atom stereocenters. The zero-order valence-electron chi connectivity index (χ0n) is 12.4. The van der Waals surface area contributed by atoms with Crippen LogP contribution in [0.4, 0.5) is 10.5 Å². The summed E-state index contributed by atoms with van der Waals surface area (Å²) in [4.78, 5) is 15.9. The van der Waals surface area contributed by atoms with Gasteiger partial charge in [0.1, 0.15) is 0 Å². The molecule has 108 valence electrons. The third-order valence-electron chi connectivity index (χ3n) is 3.43. The van der Waals surface area contributed by atoms with Crippen LogP contribution in [0.3, 0.4) is 0 Å². The highest BCUT2D eigenvalue weighted by molar-refractivity contribution is 5.95. The molecule has 0 fully saturated rings. The molecule has 1 aliphatic heterocycles. The summed E-state index contributed by atoms with van der Waals surface area (Å²) in [6, 6.07) is 8.11. The van der Waals surface area contributed by atoms with Crippen molar-refractivity contribution in [2.45, 2.75) is 19.9 Å². The minimum absolute atomic E-state index is 0.0420. The van der Waals surface area contributed by atoms with Crippen molar-refractivity contribution >= 4 is 11.7 Å². The van der Waals surface area contributed by atoms with Gasteiger partial charge in [0.05, 0.1) is 5.69 Å². The van der Waals surface area contributed by atoms with Crippen molar-refractivity contribution in [1.82, 2.24) is 10.2 Å². The van der Waals surface area contributed by atoms with Gasteiger partial charge in [-0.3, -0.25) is 4.90 Å². The second kappa shape index (κ2) is 6.57. The highest BCUT2D eigenvalue weighted by Gasteiger charge is 2.27. The highest BCUT2D eigenvalue weighted by atomic mass is 16.2. The van der Waals surface area contributed by atoms with Crippen LogP contribution in [0.2, 0.25) is 0 Å². The molecule has 0 unspecified atom stereocenters. The Hall–Kier alpha value is -1.81. The van der Waals surface area contributed by atoms with E-state index in [0.29, 0.717) is 13.1 Å². The average Bonchev–Trinajstić information content (AvgIpc) is 2.44. The molecule has 4 heteroatoms. The standard InChI is InChI=1S/C16H23N3O/c1-4-9-17-10-13(2)11-19-15-8-6-5-7-14(15)12-18(3)16(19)20/h5-8,17H,2,4,9-12H2,1,3H3. The fraction of sp³-hybridized carbons (Fsp3) is 0.438. The normalized spacial score (nSPS) is 14.4. The molecule has 1 aromatic rings. The van der Waals surface area contributed by atoms with Crippen LogP contribution in [0.1, 0.15) is 18.9 Å². The molecule has 0 saturated heterocycles. The van der Waals surface area contributed by atoms with Gasteiger partial charge in [-0.25, -0.2) is 4.79 Å². The number of nitrogens with zero attached hydrogens (tertiary/aromatic N) is 2. The van der Waals surface area contributed by atoms with Crippen LogP contribution >= 0.6 is 0 Å². The van der Waals surface area contributed by atoms with Crippen molar-refractivity contribution in [2.75, 3.05) is 31.6 Å². The molecule has 0 bridgehead atoms. The van der Waals surface area contributed by atoms with Crippen LogP contribution in [-0.2, 0) is 6.54 Å². The number of amides is 2. The number of rotatable bonds is 6. The SMILES string of the molecule is C=C(CNCCC)CN1C(=O)N(C)Cc2ccccc21. The molecule has 4 nitrogen and oxygen atoms in total. The summed E-state index contributed by atoms with van der Waals surface area (Å²) in [7, 11) is 1.84. The molecule has 1 aromatic carbocycles. The van der Waals surface area contributed by atoms with Crippen molar-refractivity contribution in [3.05, 3.63) is 42.0 Å². The summed E-state index contributed by atoms with van der Waals surface area (Å²) in [6.07, 6.45) is 1.10. The Kier molecular flexibility index (Phi) is 4.79. The smallest absolute Gasteiger partial charge is 0.323 e. The summed E-state index contributed by atoms with van der Waals surface area (Å²) in [6.45, 7) is 9.18. The second-order valence-corrected chi connectivity index (χ2v) is 5.28. The Morgan fingerprint density at radius 3 is 2.90 bits per heavy atom.